The van der Waals surface area contributed by atoms with Gasteiger partial charge in [0.2, 0.25) is 0 Å². The molecule has 1 aromatic rings. The Balaban J connectivity index is 1.69. The lowest BCUT2D eigenvalue weighted by Crippen LogP contribution is -2.45. The Kier molecular flexibility index (Phi) is 3.82. The van der Waals surface area contributed by atoms with Gasteiger partial charge < -0.3 is 15.3 Å². The van der Waals surface area contributed by atoms with Crippen molar-refractivity contribution in [2.24, 2.45) is 5.92 Å². The van der Waals surface area contributed by atoms with Gasteiger partial charge in [0.05, 0.1) is 0 Å². The van der Waals surface area contributed by atoms with Crippen LogP contribution in [0.2, 0.25) is 0 Å². The van der Waals surface area contributed by atoms with Gasteiger partial charge in [-0.25, -0.2) is 9.59 Å². The van der Waals surface area contributed by atoms with Crippen LogP contribution in [0.15, 0.2) is 30.3 Å². The highest BCUT2D eigenvalue weighted by Gasteiger charge is 2.37. The second kappa shape index (κ2) is 5.76. The van der Waals surface area contributed by atoms with Crippen molar-refractivity contribution in [1.29, 1.82) is 0 Å². The summed E-state index contributed by atoms with van der Waals surface area (Å²) in [7, 11) is 0. The highest BCUT2D eigenvalue weighted by atomic mass is 16.4. The van der Waals surface area contributed by atoms with Crippen molar-refractivity contribution < 1.29 is 14.7 Å². The highest BCUT2D eigenvalue weighted by molar-refractivity contribution is 5.84. The summed E-state index contributed by atoms with van der Waals surface area (Å²) in [6.07, 6.45) is 4.42. The number of carbonyl (C=O) groups excluding carboxylic acids is 1. The van der Waals surface area contributed by atoms with Crippen LogP contribution in [0.5, 0.6) is 0 Å². The van der Waals surface area contributed by atoms with Gasteiger partial charge in [0.25, 0.3) is 0 Å². The van der Waals surface area contributed by atoms with E-state index in [1.165, 1.54) is 12.8 Å². The maximum Gasteiger partial charge on any atom is 0.330 e. The van der Waals surface area contributed by atoms with E-state index in [1.807, 2.05) is 11.0 Å². The second-order valence-corrected chi connectivity index (χ2v) is 5.96. The van der Waals surface area contributed by atoms with Gasteiger partial charge >= 0.3 is 12.0 Å². The zero-order valence-electron chi connectivity index (χ0n) is 11.9. The van der Waals surface area contributed by atoms with E-state index in [-0.39, 0.29) is 6.03 Å². The lowest BCUT2D eigenvalue weighted by Gasteiger charge is -2.25. The van der Waals surface area contributed by atoms with Crippen molar-refractivity contribution in [2.45, 2.75) is 37.8 Å². The first kappa shape index (κ1) is 13.9. The van der Waals surface area contributed by atoms with Crippen LogP contribution in [-0.2, 0) is 4.79 Å². The maximum absolute atomic E-state index is 12.4. The molecule has 0 saturated heterocycles. The molecule has 2 fully saturated rings. The fraction of sp³-hybridized carbons (Fsp3) is 0.500. The molecule has 0 aliphatic heterocycles. The summed E-state index contributed by atoms with van der Waals surface area (Å²) in [6, 6.07) is 7.90. The van der Waals surface area contributed by atoms with Gasteiger partial charge in [-0.15, -0.1) is 0 Å². The van der Waals surface area contributed by atoms with Gasteiger partial charge in [-0.3, -0.25) is 0 Å². The minimum Gasteiger partial charge on any atom is -0.479 e. The maximum atomic E-state index is 12.4. The summed E-state index contributed by atoms with van der Waals surface area (Å²) in [5, 5.41) is 12.0. The average molecular weight is 288 g/mol. The largest absolute Gasteiger partial charge is 0.479 e. The highest BCUT2D eigenvalue weighted by Crippen LogP contribution is 2.35. The van der Waals surface area contributed by atoms with Crippen molar-refractivity contribution in [3.05, 3.63) is 35.9 Å². The lowest BCUT2D eigenvalue weighted by molar-refractivity contribution is -0.139. The Hall–Kier alpha value is -2.04. The third-order valence-electron chi connectivity index (χ3n) is 4.05. The van der Waals surface area contributed by atoms with Gasteiger partial charge in [-0.1, -0.05) is 30.3 Å². The third kappa shape index (κ3) is 3.54. The van der Waals surface area contributed by atoms with E-state index in [0.29, 0.717) is 17.5 Å². The Morgan fingerprint density at radius 2 is 1.86 bits per heavy atom. The molecule has 1 unspecified atom stereocenters. The molecule has 2 saturated carbocycles. The van der Waals surface area contributed by atoms with Crippen molar-refractivity contribution >= 4 is 12.0 Å². The molecule has 0 heterocycles. The number of nitrogens with one attached hydrogen (secondary N) is 1. The van der Waals surface area contributed by atoms with Crippen molar-refractivity contribution in [3.63, 3.8) is 0 Å². The molecule has 0 aromatic heterocycles. The molecular weight excluding hydrogens is 268 g/mol. The Morgan fingerprint density at radius 1 is 1.19 bits per heavy atom. The average Bonchev–Trinajstić information content (AvgIpc) is 3.36. The Labute approximate surface area is 123 Å². The molecule has 2 aliphatic carbocycles. The molecule has 112 valence electrons. The molecule has 0 bridgehead atoms. The third-order valence-corrected chi connectivity index (χ3v) is 4.05. The molecule has 2 aliphatic rings. The van der Waals surface area contributed by atoms with E-state index >= 15 is 0 Å². The van der Waals surface area contributed by atoms with Crippen LogP contribution in [0.4, 0.5) is 4.79 Å². The minimum absolute atomic E-state index is 0.249. The number of carboxylic acids is 1. The summed E-state index contributed by atoms with van der Waals surface area (Å²) in [6.45, 7) is 0.762. The molecule has 21 heavy (non-hydrogen) atoms. The standard InChI is InChI=1S/C16H20N2O3/c19-15(20)14(12-4-2-1-3-5-12)17-16(21)18(13-8-9-13)10-11-6-7-11/h1-5,11,13-14H,6-10H2,(H,17,21)(H,19,20). The molecule has 2 N–H and O–H groups in total. The first-order chi connectivity index (χ1) is 10.1. The fourth-order valence-electron chi connectivity index (χ4n) is 2.50. The minimum atomic E-state index is -1.03. The summed E-state index contributed by atoms with van der Waals surface area (Å²) in [5.41, 5.74) is 0.598. The van der Waals surface area contributed by atoms with Crippen molar-refractivity contribution in [2.75, 3.05) is 6.54 Å². The molecular formula is C16H20N2O3. The molecule has 5 nitrogen and oxygen atoms in total. The molecule has 1 atom stereocenters. The SMILES string of the molecule is O=C(O)C(NC(=O)N(CC1CC1)C1CC1)c1ccccc1. The van der Waals surface area contributed by atoms with E-state index in [9.17, 15) is 14.7 Å². The first-order valence-corrected chi connectivity index (χ1v) is 7.50. The van der Waals surface area contributed by atoms with Crippen molar-refractivity contribution in [1.82, 2.24) is 10.2 Å². The predicted molar refractivity (Wildman–Crippen MR) is 77.8 cm³/mol. The van der Waals surface area contributed by atoms with Crippen LogP contribution in [-0.4, -0.2) is 34.6 Å². The first-order valence-electron chi connectivity index (χ1n) is 7.50. The number of benzene rings is 1. The Morgan fingerprint density at radius 3 is 2.38 bits per heavy atom. The lowest BCUT2D eigenvalue weighted by atomic mass is 10.1. The van der Waals surface area contributed by atoms with Gasteiger partial charge in [0.1, 0.15) is 0 Å². The van der Waals surface area contributed by atoms with Crippen LogP contribution in [0, 0.1) is 5.92 Å². The molecule has 0 radical (unpaired) electrons. The number of amides is 2. The summed E-state index contributed by atoms with van der Waals surface area (Å²) in [5.74, 6) is -0.423. The van der Waals surface area contributed by atoms with Crippen LogP contribution in [0.25, 0.3) is 0 Å². The molecule has 3 rings (SSSR count). The van der Waals surface area contributed by atoms with Gasteiger partial charge in [-0.2, -0.15) is 0 Å². The predicted octanol–water partition coefficient (Wildman–Crippen LogP) is 2.40. The van der Waals surface area contributed by atoms with Gasteiger partial charge in [0.15, 0.2) is 6.04 Å². The van der Waals surface area contributed by atoms with Gasteiger partial charge in [0, 0.05) is 12.6 Å². The summed E-state index contributed by atoms with van der Waals surface area (Å²) in [4.78, 5) is 25.7. The zero-order valence-corrected chi connectivity index (χ0v) is 11.9. The van der Waals surface area contributed by atoms with E-state index in [1.54, 1.807) is 24.3 Å². The number of hydrogen-bond acceptors (Lipinski definition) is 2. The zero-order chi connectivity index (χ0) is 14.8. The van der Waals surface area contributed by atoms with E-state index in [4.69, 9.17) is 0 Å². The number of hydrogen-bond donors (Lipinski definition) is 2. The molecule has 1 aromatic carbocycles. The van der Waals surface area contributed by atoms with E-state index in [2.05, 4.69) is 5.32 Å². The second-order valence-electron chi connectivity index (χ2n) is 5.96. The smallest absolute Gasteiger partial charge is 0.330 e. The monoisotopic (exact) mass is 288 g/mol. The summed E-state index contributed by atoms with van der Waals surface area (Å²) >= 11 is 0. The number of nitrogens with zero attached hydrogens (tertiary/aromatic N) is 1. The van der Waals surface area contributed by atoms with Crippen LogP contribution in [0.1, 0.15) is 37.3 Å². The molecule has 2 amide bonds. The molecule has 5 heteroatoms. The summed E-state index contributed by atoms with van der Waals surface area (Å²) < 4.78 is 0. The van der Waals surface area contributed by atoms with E-state index < -0.39 is 12.0 Å². The topological polar surface area (TPSA) is 69.6 Å². The number of rotatable bonds is 6. The number of aliphatic carboxylic acids is 1. The van der Waals surface area contributed by atoms with Crippen LogP contribution >= 0.6 is 0 Å². The normalized spacial score (nSPS) is 18.9. The number of urea groups is 1. The number of carbonyl (C=O) groups is 2. The van der Waals surface area contributed by atoms with E-state index in [0.717, 1.165) is 19.4 Å². The molecule has 0 spiro atoms. The van der Waals surface area contributed by atoms with Crippen molar-refractivity contribution in [3.8, 4) is 0 Å². The number of carboxylic acid groups (broad SMARTS) is 1. The van der Waals surface area contributed by atoms with Crippen LogP contribution in [0.3, 0.4) is 0 Å². The Bertz CT molecular complexity index is 524. The van der Waals surface area contributed by atoms with Gasteiger partial charge in [-0.05, 0) is 37.2 Å². The fourth-order valence-corrected chi connectivity index (χ4v) is 2.50. The quantitative estimate of drug-likeness (QED) is 0.844. The van der Waals surface area contributed by atoms with Crippen LogP contribution < -0.4 is 5.32 Å².